The summed E-state index contributed by atoms with van der Waals surface area (Å²) in [7, 11) is 0. The number of aryl methyl sites for hydroxylation is 4. The molecular weight excluding hydrogens is 262 g/mol. The van der Waals surface area contributed by atoms with E-state index in [0.29, 0.717) is 0 Å². The summed E-state index contributed by atoms with van der Waals surface area (Å²) in [6, 6.07) is 9.00. The number of nitrogens with two attached hydrogens (primary N) is 1. The maximum Gasteiger partial charge on any atom is 0.0646 e. The molecule has 0 fully saturated rings. The molecule has 1 aliphatic rings. The van der Waals surface area contributed by atoms with E-state index in [2.05, 4.69) is 38.1 Å². The Morgan fingerprint density at radius 3 is 2.60 bits per heavy atom. The van der Waals surface area contributed by atoms with Gasteiger partial charge in [-0.15, -0.1) is 11.3 Å². The van der Waals surface area contributed by atoms with Gasteiger partial charge < -0.3 is 5.73 Å². The van der Waals surface area contributed by atoms with E-state index in [-0.39, 0.29) is 6.04 Å². The first-order chi connectivity index (χ1) is 9.65. The molecule has 20 heavy (non-hydrogen) atoms. The van der Waals surface area contributed by atoms with Crippen molar-refractivity contribution < 1.29 is 0 Å². The van der Waals surface area contributed by atoms with Crippen LogP contribution in [0.2, 0.25) is 0 Å². The molecule has 1 nitrogen and oxygen atoms in total. The number of thiophene rings is 1. The van der Waals surface area contributed by atoms with Crippen molar-refractivity contribution in [3.05, 3.63) is 56.3 Å². The molecule has 0 saturated carbocycles. The minimum Gasteiger partial charge on any atom is -0.320 e. The minimum absolute atomic E-state index is 0.0335. The molecule has 1 unspecified atom stereocenters. The summed E-state index contributed by atoms with van der Waals surface area (Å²) in [4.78, 5) is 2.91. The standard InChI is InChI=1S/C18H23NS/c1-12-8-9-15(10-13(12)2)18(19)17-11-14-6-4-3-5-7-16(14)20-17/h8-11,18H,3-7,19H2,1-2H3. The summed E-state index contributed by atoms with van der Waals surface area (Å²) in [5.74, 6) is 0. The van der Waals surface area contributed by atoms with Gasteiger partial charge in [-0.3, -0.25) is 0 Å². The Morgan fingerprint density at radius 2 is 1.80 bits per heavy atom. The van der Waals surface area contributed by atoms with E-state index < -0.39 is 0 Å². The van der Waals surface area contributed by atoms with Crippen LogP contribution in [0.25, 0.3) is 0 Å². The molecule has 0 spiro atoms. The van der Waals surface area contributed by atoms with E-state index in [0.717, 1.165) is 0 Å². The molecule has 0 amide bonds. The lowest BCUT2D eigenvalue weighted by molar-refractivity contribution is 0.712. The lowest BCUT2D eigenvalue weighted by atomic mass is 10.00. The van der Waals surface area contributed by atoms with Crippen LogP contribution in [0.4, 0.5) is 0 Å². The van der Waals surface area contributed by atoms with Crippen LogP contribution >= 0.6 is 11.3 Å². The maximum absolute atomic E-state index is 6.50. The number of hydrogen-bond donors (Lipinski definition) is 1. The van der Waals surface area contributed by atoms with Gasteiger partial charge in [0.25, 0.3) is 0 Å². The second kappa shape index (κ2) is 5.71. The van der Waals surface area contributed by atoms with E-state index in [9.17, 15) is 0 Å². The van der Waals surface area contributed by atoms with Gasteiger partial charge in [-0.1, -0.05) is 24.6 Å². The highest BCUT2D eigenvalue weighted by atomic mass is 32.1. The van der Waals surface area contributed by atoms with Gasteiger partial charge in [-0.05, 0) is 67.9 Å². The van der Waals surface area contributed by atoms with Crippen LogP contribution in [0.15, 0.2) is 24.3 Å². The van der Waals surface area contributed by atoms with Crippen LogP contribution in [-0.4, -0.2) is 0 Å². The second-order valence-corrected chi connectivity index (χ2v) is 7.15. The van der Waals surface area contributed by atoms with Gasteiger partial charge in [0, 0.05) is 9.75 Å². The molecule has 1 atom stereocenters. The first-order valence-corrected chi connectivity index (χ1v) is 8.41. The number of benzene rings is 1. The molecule has 2 aromatic rings. The Morgan fingerprint density at radius 1 is 1.00 bits per heavy atom. The van der Waals surface area contributed by atoms with Crippen molar-refractivity contribution in [3.63, 3.8) is 0 Å². The van der Waals surface area contributed by atoms with Gasteiger partial charge in [-0.25, -0.2) is 0 Å². The molecule has 0 radical (unpaired) electrons. The summed E-state index contributed by atoms with van der Waals surface area (Å²) in [5.41, 5.74) is 12.0. The fourth-order valence-corrected chi connectivity index (χ4v) is 4.25. The van der Waals surface area contributed by atoms with E-state index in [1.54, 1.807) is 10.4 Å². The van der Waals surface area contributed by atoms with Gasteiger partial charge in [-0.2, -0.15) is 0 Å². The maximum atomic E-state index is 6.50. The summed E-state index contributed by atoms with van der Waals surface area (Å²) < 4.78 is 0. The van der Waals surface area contributed by atoms with Gasteiger partial charge in [0.15, 0.2) is 0 Å². The van der Waals surface area contributed by atoms with Crippen LogP contribution in [0, 0.1) is 13.8 Å². The quantitative estimate of drug-likeness (QED) is 0.796. The molecule has 1 aliphatic carbocycles. The van der Waals surface area contributed by atoms with Crippen molar-refractivity contribution in [1.82, 2.24) is 0 Å². The lowest BCUT2D eigenvalue weighted by Crippen LogP contribution is -2.10. The highest BCUT2D eigenvalue weighted by molar-refractivity contribution is 7.12. The SMILES string of the molecule is Cc1ccc(C(N)c2cc3c(s2)CCCCC3)cc1C. The van der Waals surface area contributed by atoms with Crippen molar-refractivity contribution in [2.75, 3.05) is 0 Å². The highest BCUT2D eigenvalue weighted by Gasteiger charge is 2.17. The van der Waals surface area contributed by atoms with E-state index >= 15 is 0 Å². The molecule has 0 bridgehead atoms. The Hall–Kier alpha value is -1.12. The predicted octanol–water partition coefficient (Wildman–Crippen LogP) is 4.68. The van der Waals surface area contributed by atoms with Crippen LogP contribution in [0.5, 0.6) is 0 Å². The molecule has 0 aliphatic heterocycles. The summed E-state index contributed by atoms with van der Waals surface area (Å²) >= 11 is 1.94. The third kappa shape index (κ3) is 2.68. The highest BCUT2D eigenvalue weighted by Crippen LogP contribution is 2.34. The first-order valence-electron chi connectivity index (χ1n) is 7.59. The lowest BCUT2D eigenvalue weighted by Gasteiger charge is -2.12. The molecule has 0 saturated heterocycles. The van der Waals surface area contributed by atoms with Crippen LogP contribution in [-0.2, 0) is 12.8 Å². The second-order valence-electron chi connectivity index (χ2n) is 5.98. The molecule has 1 aromatic carbocycles. The molecule has 1 aromatic heterocycles. The number of hydrogen-bond acceptors (Lipinski definition) is 2. The van der Waals surface area contributed by atoms with Crippen LogP contribution < -0.4 is 5.73 Å². The zero-order chi connectivity index (χ0) is 14.1. The fourth-order valence-electron chi connectivity index (χ4n) is 2.97. The smallest absolute Gasteiger partial charge is 0.0646 e. The van der Waals surface area contributed by atoms with E-state index in [1.165, 1.54) is 53.7 Å². The topological polar surface area (TPSA) is 26.0 Å². The first kappa shape index (κ1) is 13.8. The van der Waals surface area contributed by atoms with Crippen molar-refractivity contribution in [1.29, 1.82) is 0 Å². The van der Waals surface area contributed by atoms with Gasteiger partial charge in [0.1, 0.15) is 0 Å². The minimum atomic E-state index is 0.0335. The van der Waals surface area contributed by atoms with E-state index in [1.807, 2.05) is 11.3 Å². The molecule has 2 N–H and O–H groups in total. The number of rotatable bonds is 2. The monoisotopic (exact) mass is 285 g/mol. The van der Waals surface area contributed by atoms with Gasteiger partial charge >= 0.3 is 0 Å². The Bertz CT molecular complexity index is 588. The van der Waals surface area contributed by atoms with Crippen molar-refractivity contribution in [2.45, 2.75) is 52.0 Å². The van der Waals surface area contributed by atoms with Crippen molar-refractivity contribution >= 4 is 11.3 Å². The van der Waals surface area contributed by atoms with Crippen molar-refractivity contribution in [3.8, 4) is 0 Å². The molecule has 3 rings (SSSR count). The Kier molecular flexibility index (Phi) is 3.95. The molecule has 106 valence electrons. The zero-order valence-corrected chi connectivity index (χ0v) is 13.2. The van der Waals surface area contributed by atoms with E-state index in [4.69, 9.17) is 5.73 Å². The average molecular weight is 285 g/mol. The van der Waals surface area contributed by atoms with Gasteiger partial charge in [0.2, 0.25) is 0 Å². The number of fused-ring (bicyclic) bond motifs is 1. The molecular formula is C18H23NS. The normalized spacial score (nSPS) is 16.6. The third-order valence-corrected chi connectivity index (χ3v) is 5.78. The third-order valence-electron chi connectivity index (χ3n) is 4.46. The van der Waals surface area contributed by atoms with Crippen molar-refractivity contribution in [2.24, 2.45) is 5.73 Å². The Labute approximate surface area is 125 Å². The van der Waals surface area contributed by atoms with Crippen LogP contribution in [0.3, 0.4) is 0 Å². The molecule has 1 heterocycles. The molecule has 2 heteroatoms. The largest absolute Gasteiger partial charge is 0.320 e. The average Bonchev–Trinajstić information content (AvgIpc) is 2.72. The Balaban J connectivity index is 1.90. The predicted molar refractivity (Wildman–Crippen MR) is 87.5 cm³/mol. The zero-order valence-electron chi connectivity index (χ0n) is 12.4. The summed E-state index contributed by atoms with van der Waals surface area (Å²) in [5, 5.41) is 0. The summed E-state index contributed by atoms with van der Waals surface area (Å²) in [6.07, 6.45) is 6.54. The summed E-state index contributed by atoms with van der Waals surface area (Å²) in [6.45, 7) is 4.31. The van der Waals surface area contributed by atoms with Crippen LogP contribution in [0.1, 0.15) is 57.3 Å². The van der Waals surface area contributed by atoms with Gasteiger partial charge in [0.05, 0.1) is 6.04 Å². The fraction of sp³-hybridized carbons (Fsp3) is 0.444.